The zero-order valence-electron chi connectivity index (χ0n) is 19.8. The smallest absolute Gasteiger partial charge is 0.263 e. The van der Waals surface area contributed by atoms with E-state index in [2.05, 4.69) is 27.1 Å². The van der Waals surface area contributed by atoms with Crippen molar-refractivity contribution in [1.29, 1.82) is 0 Å². The molecule has 1 saturated heterocycles. The number of nitrogens with zero attached hydrogens (tertiary/aromatic N) is 5. The number of hydrogen-bond acceptors (Lipinski definition) is 6. The van der Waals surface area contributed by atoms with Crippen molar-refractivity contribution in [1.82, 2.24) is 20.0 Å². The summed E-state index contributed by atoms with van der Waals surface area (Å²) in [7, 11) is 0. The summed E-state index contributed by atoms with van der Waals surface area (Å²) in [6.45, 7) is 3.06. The summed E-state index contributed by atoms with van der Waals surface area (Å²) in [5.41, 5.74) is 3.39. The predicted octanol–water partition coefficient (Wildman–Crippen LogP) is 4.71. The molecule has 2 fully saturated rings. The minimum Gasteiger partial charge on any atom is -0.354 e. The number of amides is 1. The molecule has 178 valence electrons. The van der Waals surface area contributed by atoms with E-state index >= 15 is 0 Å². The van der Waals surface area contributed by atoms with Gasteiger partial charge in [0.1, 0.15) is 22.7 Å². The molecule has 2 aliphatic rings. The molecule has 0 unspecified atom stereocenters. The van der Waals surface area contributed by atoms with E-state index in [0.29, 0.717) is 30.4 Å². The van der Waals surface area contributed by atoms with Crippen LogP contribution in [0.3, 0.4) is 0 Å². The van der Waals surface area contributed by atoms with Crippen molar-refractivity contribution in [3.8, 4) is 11.3 Å². The summed E-state index contributed by atoms with van der Waals surface area (Å²) in [6.07, 6.45) is 4.77. The molecule has 7 heteroatoms. The first-order chi connectivity index (χ1) is 17.3. The second kappa shape index (κ2) is 9.49. The maximum atomic E-state index is 12.9. The molecule has 3 heterocycles. The maximum Gasteiger partial charge on any atom is 0.263 e. The minimum absolute atomic E-state index is 0.229. The number of carbonyl (C=O) groups excluding carboxylic acids is 1. The molecule has 2 aromatic heterocycles. The van der Waals surface area contributed by atoms with E-state index in [1.165, 1.54) is 6.42 Å². The highest BCUT2D eigenvalue weighted by molar-refractivity contribution is 5.98. The van der Waals surface area contributed by atoms with Gasteiger partial charge >= 0.3 is 0 Å². The SMILES string of the molecule is O=C(C1CCC1)N1CCCN(c2nc(Cc3ccccc3)nc3onc(-c4ccccc4)c23)CC1. The van der Waals surface area contributed by atoms with Gasteiger partial charge in [-0.1, -0.05) is 72.2 Å². The Morgan fingerprint density at radius 2 is 1.66 bits per heavy atom. The van der Waals surface area contributed by atoms with Crippen molar-refractivity contribution in [2.75, 3.05) is 31.1 Å². The fourth-order valence-electron chi connectivity index (χ4n) is 5.02. The summed E-state index contributed by atoms with van der Waals surface area (Å²) >= 11 is 0. The highest BCUT2D eigenvalue weighted by Gasteiger charge is 2.31. The number of fused-ring (bicyclic) bond motifs is 1. The van der Waals surface area contributed by atoms with Crippen LogP contribution in [0.25, 0.3) is 22.4 Å². The average Bonchev–Trinajstić information content (AvgIpc) is 3.12. The lowest BCUT2D eigenvalue weighted by Gasteiger charge is -2.31. The monoisotopic (exact) mass is 467 g/mol. The van der Waals surface area contributed by atoms with Gasteiger partial charge in [0.05, 0.1) is 0 Å². The molecule has 0 bridgehead atoms. The highest BCUT2D eigenvalue weighted by atomic mass is 16.5. The van der Waals surface area contributed by atoms with Crippen molar-refractivity contribution in [2.45, 2.75) is 32.1 Å². The van der Waals surface area contributed by atoms with E-state index in [0.717, 1.165) is 66.9 Å². The first-order valence-corrected chi connectivity index (χ1v) is 12.6. The molecule has 1 aliphatic carbocycles. The van der Waals surface area contributed by atoms with E-state index in [-0.39, 0.29) is 5.92 Å². The lowest BCUT2D eigenvalue weighted by molar-refractivity contribution is -0.137. The number of benzene rings is 2. The van der Waals surface area contributed by atoms with Crippen LogP contribution >= 0.6 is 0 Å². The van der Waals surface area contributed by atoms with Gasteiger partial charge in [-0.25, -0.2) is 4.98 Å². The van der Waals surface area contributed by atoms with Crippen LogP contribution in [0.5, 0.6) is 0 Å². The van der Waals surface area contributed by atoms with Gasteiger partial charge in [0.2, 0.25) is 5.91 Å². The normalized spacial score (nSPS) is 16.8. The Kier molecular flexibility index (Phi) is 5.90. The van der Waals surface area contributed by atoms with E-state index in [4.69, 9.17) is 14.5 Å². The summed E-state index contributed by atoms with van der Waals surface area (Å²) < 4.78 is 5.77. The van der Waals surface area contributed by atoms with E-state index in [9.17, 15) is 4.79 Å². The van der Waals surface area contributed by atoms with E-state index in [1.54, 1.807) is 0 Å². The molecule has 1 amide bonds. The predicted molar refractivity (Wildman–Crippen MR) is 135 cm³/mol. The molecule has 35 heavy (non-hydrogen) atoms. The molecule has 2 aromatic carbocycles. The molecule has 0 atom stereocenters. The Hall–Kier alpha value is -3.74. The zero-order chi connectivity index (χ0) is 23.6. The Bertz CT molecular complexity index is 1320. The molecule has 7 nitrogen and oxygen atoms in total. The first kappa shape index (κ1) is 21.8. The standard InChI is InChI=1S/C28H29N5O2/c34-28(22-13-7-14-22)33-16-8-15-32(17-18-33)26-24-25(21-11-5-2-6-12-21)31-35-27(24)30-23(29-26)19-20-9-3-1-4-10-20/h1-6,9-12,22H,7-8,13-19H2. The van der Waals surface area contributed by atoms with Crippen molar-refractivity contribution >= 4 is 22.8 Å². The van der Waals surface area contributed by atoms with Gasteiger partial charge in [-0.2, -0.15) is 4.98 Å². The van der Waals surface area contributed by atoms with Crippen LogP contribution in [0.4, 0.5) is 5.82 Å². The second-order valence-electron chi connectivity index (χ2n) is 9.50. The molecular formula is C28H29N5O2. The van der Waals surface area contributed by atoms with Crippen molar-refractivity contribution in [2.24, 2.45) is 5.92 Å². The Morgan fingerprint density at radius 3 is 2.40 bits per heavy atom. The highest BCUT2D eigenvalue weighted by Crippen LogP contribution is 2.35. The average molecular weight is 468 g/mol. The van der Waals surface area contributed by atoms with Gasteiger partial charge in [-0.15, -0.1) is 0 Å². The van der Waals surface area contributed by atoms with Crippen LogP contribution in [0, 0.1) is 5.92 Å². The first-order valence-electron chi connectivity index (χ1n) is 12.6. The van der Waals surface area contributed by atoms with Gasteiger partial charge in [-0.3, -0.25) is 4.79 Å². The maximum absolute atomic E-state index is 12.9. The molecule has 0 N–H and O–H groups in total. The third-order valence-corrected chi connectivity index (χ3v) is 7.18. The van der Waals surface area contributed by atoms with Crippen LogP contribution in [-0.4, -0.2) is 52.1 Å². The molecule has 1 saturated carbocycles. The van der Waals surface area contributed by atoms with E-state index in [1.807, 2.05) is 48.5 Å². The number of anilines is 1. The quantitative estimate of drug-likeness (QED) is 0.423. The fourth-order valence-corrected chi connectivity index (χ4v) is 5.02. The Balaban J connectivity index is 1.37. The molecule has 4 aromatic rings. The van der Waals surface area contributed by atoms with Gasteiger partial charge in [0.15, 0.2) is 0 Å². The van der Waals surface area contributed by atoms with Crippen molar-refractivity contribution in [3.63, 3.8) is 0 Å². The van der Waals surface area contributed by atoms with Crippen LogP contribution < -0.4 is 4.90 Å². The number of aromatic nitrogens is 3. The summed E-state index contributed by atoms with van der Waals surface area (Å²) in [5.74, 6) is 2.11. The summed E-state index contributed by atoms with van der Waals surface area (Å²) in [5, 5.41) is 5.25. The van der Waals surface area contributed by atoms with Gasteiger partial charge < -0.3 is 14.3 Å². The molecule has 6 rings (SSSR count). The summed E-state index contributed by atoms with van der Waals surface area (Å²) in [4.78, 5) is 27.1. The largest absolute Gasteiger partial charge is 0.354 e. The molecule has 0 spiro atoms. The second-order valence-corrected chi connectivity index (χ2v) is 9.50. The van der Waals surface area contributed by atoms with Crippen LogP contribution in [0.1, 0.15) is 37.1 Å². The third-order valence-electron chi connectivity index (χ3n) is 7.18. The lowest BCUT2D eigenvalue weighted by Crippen LogP contribution is -2.41. The van der Waals surface area contributed by atoms with Crippen LogP contribution in [0.2, 0.25) is 0 Å². The topological polar surface area (TPSA) is 75.4 Å². The number of hydrogen-bond donors (Lipinski definition) is 0. The Morgan fingerprint density at radius 1 is 0.886 bits per heavy atom. The number of carbonyl (C=O) groups is 1. The molecular weight excluding hydrogens is 438 g/mol. The zero-order valence-corrected chi connectivity index (χ0v) is 19.8. The number of rotatable bonds is 5. The molecule has 1 aliphatic heterocycles. The molecule has 0 radical (unpaired) electrons. The van der Waals surface area contributed by atoms with Crippen LogP contribution in [-0.2, 0) is 11.2 Å². The van der Waals surface area contributed by atoms with Crippen LogP contribution in [0.15, 0.2) is 65.2 Å². The van der Waals surface area contributed by atoms with Crippen molar-refractivity contribution < 1.29 is 9.32 Å². The Labute approximate surface area is 204 Å². The van der Waals surface area contributed by atoms with Gasteiger partial charge in [0, 0.05) is 44.1 Å². The van der Waals surface area contributed by atoms with Gasteiger partial charge in [0.25, 0.3) is 5.71 Å². The fraction of sp³-hybridized carbons (Fsp3) is 0.357. The third kappa shape index (κ3) is 4.38. The van der Waals surface area contributed by atoms with Gasteiger partial charge in [-0.05, 0) is 24.8 Å². The lowest BCUT2D eigenvalue weighted by atomic mass is 9.84. The minimum atomic E-state index is 0.229. The van der Waals surface area contributed by atoms with E-state index < -0.39 is 0 Å². The van der Waals surface area contributed by atoms with Crippen molar-refractivity contribution in [3.05, 3.63) is 72.1 Å². The summed E-state index contributed by atoms with van der Waals surface area (Å²) in [6, 6.07) is 20.3.